The molecule has 0 N–H and O–H groups in total. The van der Waals surface area contributed by atoms with Crippen molar-refractivity contribution < 1.29 is 27.4 Å². The molecular weight excluding hydrogens is 430 g/mol. The number of sulfonamides is 1. The van der Waals surface area contributed by atoms with Crippen LogP contribution in [0.5, 0.6) is 11.5 Å². The number of aryl methyl sites for hydroxylation is 2. The highest BCUT2D eigenvalue weighted by molar-refractivity contribution is 7.89. The van der Waals surface area contributed by atoms with Gasteiger partial charge in [0.05, 0.1) is 37.7 Å². The molecule has 0 aromatic heterocycles. The second-order valence-electron chi connectivity index (χ2n) is 7.77. The summed E-state index contributed by atoms with van der Waals surface area (Å²) in [5, 5.41) is 0. The topological polar surface area (TPSA) is 82.1 Å². The highest BCUT2D eigenvalue weighted by atomic mass is 32.2. The molecule has 0 unspecified atom stereocenters. The largest absolute Gasteiger partial charge is 0.490 e. The molecule has 1 aliphatic heterocycles. The Hall–Kier alpha value is -2.58. The summed E-state index contributed by atoms with van der Waals surface area (Å²) in [4.78, 5) is 12.5. The summed E-state index contributed by atoms with van der Waals surface area (Å²) in [6, 6.07) is 8.10. The van der Waals surface area contributed by atoms with Gasteiger partial charge in [-0.1, -0.05) is 6.07 Å². The minimum absolute atomic E-state index is 0.0902. The van der Waals surface area contributed by atoms with Gasteiger partial charge in [0.25, 0.3) is 0 Å². The van der Waals surface area contributed by atoms with Crippen LogP contribution in [0.3, 0.4) is 0 Å². The molecule has 8 heteroatoms. The molecule has 0 spiro atoms. The van der Waals surface area contributed by atoms with Crippen LogP contribution >= 0.6 is 0 Å². The van der Waals surface area contributed by atoms with Gasteiger partial charge in [0.1, 0.15) is 0 Å². The maximum atomic E-state index is 13.6. The van der Waals surface area contributed by atoms with Gasteiger partial charge in [0.15, 0.2) is 11.5 Å². The van der Waals surface area contributed by atoms with Gasteiger partial charge in [0.2, 0.25) is 10.0 Å². The number of nitrogens with zero attached hydrogens (tertiary/aromatic N) is 1. The lowest BCUT2D eigenvalue weighted by molar-refractivity contribution is -0.141. The van der Waals surface area contributed by atoms with Crippen molar-refractivity contribution >= 4 is 16.0 Å². The van der Waals surface area contributed by atoms with E-state index >= 15 is 0 Å². The predicted molar refractivity (Wildman–Crippen MR) is 122 cm³/mol. The minimum Gasteiger partial charge on any atom is -0.490 e. The van der Waals surface area contributed by atoms with Crippen LogP contribution in [0.2, 0.25) is 0 Å². The first-order chi connectivity index (χ1) is 15.2. The van der Waals surface area contributed by atoms with E-state index in [-0.39, 0.29) is 17.9 Å². The summed E-state index contributed by atoms with van der Waals surface area (Å²) in [5.41, 5.74) is 3.59. The zero-order valence-electron chi connectivity index (χ0n) is 19.3. The molecule has 0 saturated carbocycles. The van der Waals surface area contributed by atoms with Gasteiger partial charge in [-0.3, -0.25) is 4.79 Å². The SMILES string of the molecule is CCOc1cc2c(cc1OCC)[C@H](CC(=O)OC)N(S(=O)(=O)c1ccc(C)c(C)c1)CC2. The Morgan fingerprint density at radius 1 is 1.03 bits per heavy atom. The number of carbonyl (C=O) groups is 1. The minimum atomic E-state index is -3.84. The number of esters is 1. The van der Waals surface area contributed by atoms with Gasteiger partial charge >= 0.3 is 5.97 Å². The van der Waals surface area contributed by atoms with E-state index in [0.29, 0.717) is 31.1 Å². The summed E-state index contributed by atoms with van der Waals surface area (Å²) in [6.07, 6.45) is 0.413. The number of ether oxygens (including phenoxy) is 3. The van der Waals surface area contributed by atoms with Gasteiger partial charge in [-0.2, -0.15) is 4.31 Å². The molecule has 0 radical (unpaired) electrons. The molecule has 0 bridgehead atoms. The molecular formula is C24H31NO6S. The third kappa shape index (κ3) is 4.76. The van der Waals surface area contributed by atoms with Crippen LogP contribution in [0.15, 0.2) is 35.2 Å². The Morgan fingerprint density at radius 2 is 1.69 bits per heavy atom. The van der Waals surface area contributed by atoms with Crippen molar-refractivity contribution in [2.75, 3.05) is 26.9 Å². The molecule has 1 atom stereocenters. The number of fused-ring (bicyclic) bond motifs is 1. The average molecular weight is 462 g/mol. The van der Waals surface area contributed by atoms with Gasteiger partial charge in [-0.15, -0.1) is 0 Å². The first-order valence-electron chi connectivity index (χ1n) is 10.8. The second-order valence-corrected chi connectivity index (χ2v) is 9.66. The fourth-order valence-electron chi connectivity index (χ4n) is 3.97. The van der Waals surface area contributed by atoms with Crippen molar-refractivity contribution in [2.24, 2.45) is 0 Å². The van der Waals surface area contributed by atoms with Gasteiger partial charge < -0.3 is 14.2 Å². The quantitative estimate of drug-likeness (QED) is 0.554. The molecule has 0 amide bonds. The van der Waals surface area contributed by atoms with Crippen LogP contribution in [0, 0.1) is 13.8 Å². The molecule has 2 aromatic carbocycles. The zero-order valence-corrected chi connectivity index (χ0v) is 20.1. The van der Waals surface area contributed by atoms with Crippen molar-refractivity contribution in [2.45, 2.75) is 51.5 Å². The number of hydrogen-bond donors (Lipinski definition) is 0. The Bertz CT molecular complexity index is 1100. The maximum absolute atomic E-state index is 13.6. The van der Waals surface area contributed by atoms with Gasteiger partial charge in [-0.05, 0) is 80.6 Å². The number of hydrogen-bond acceptors (Lipinski definition) is 6. The van der Waals surface area contributed by atoms with E-state index in [1.54, 1.807) is 24.3 Å². The average Bonchev–Trinajstić information content (AvgIpc) is 2.76. The second kappa shape index (κ2) is 9.92. The first-order valence-corrected chi connectivity index (χ1v) is 12.2. The summed E-state index contributed by atoms with van der Waals surface area (Å²) in [6.45, 7) is 8.76. The smallest absolute Gasteiger partial charge is 0.307 e. The highest BCUT2D eigenvalue weighted by Gasteiger charge is 2.38. The third-order valence-corrected chi connectivity index (χ3v) is 7.69. The third-order valence-electron chi connectivity index (χ3n) is 5.79. The summed E-state index contributed by atoms with van der Waals surface area (Å²) < 4.78 is 45.1. The summed E-state index contributed by atoms with van der Waals surface area (Å²) in [5.74, 6) is 0.679. The van der Waals surface area contributed by atoms with E-state index in [1.807, 2.05) is 33.8 Å². The predicted octanol–water partition coefficient (Wildman–Crippen LogP) is 3.95. The molecule has 1 heterocycles. The normalized spacial score (nSPS) is 16.3. The first kappa shape index (κ1) is 24.1. The Morgan fingerprint density at radius 3 is 2.28 bits per heavy atom. The monoisotopic (exact) mass is 461 g/mol. The molecule has 7 nitrogen and oxygen atoms in total. The lowest BCUT2D eigenvalue weighted by atomic mass is 9.91. The number of benzene rings is 2. The molecule has 1 aliphatic rings. The summed E-state index contributed by atoms with van der Waals surface area (Å²) in [7, 11) is -2.54. The van der Waals surface area contributed by atoms with Crippen LogP contribution in [-0.2, 0) is 26.0 Å². The Labute approximate surface area is 190 Å². The standard InChI is InChI=1S/C24H31NO6S/c1-6-30-22-13-18-10-11-25(32(27,28)19-9-8-16(3)17(4)12-19)21(15-24(26)29-5)20(18)14-23(22)31-7-2/h8-9,12-14,21H,6-7,10-11,15H2,1-5H3/t21-/m0/s1. The lowest BCUT2D eigenvalue weighted by Gasteiger charge is -2.36. The van der Waals surface area contributed by atoms with Crippen molar-refractivity contribution in [3.8, 4) is 11.5 Å². The van der Waals surface area contributed by atoms with Crippen LogP contribution < -0.4 is 9.47 Å². The van der Waals surface area contributed by atoms with E-state index in [0.717, 1.165) is 22.3 Å². The molecule has 2 aromatic rings. The van der Waals surface area contributed by atoms with E-state index < -0.39 is 22.0 Å². The van der Waals surface area contributed by atoms with Crippen LogP contribution in [0.4, 0.5) is 0 Å². The molecule has 0 aliphatic carbocycles. The Balaban J connectivity index is 2.12. The highest BCUT2D eigenvalue weighted by Crippen LogP contribution is 2.42. The van der Waals surface area contributed by atoms with E-state index in [9.17, 15) is 13.2 Å². The fourth-order valence-corrected chi connectivity index (χ4v) is 5.66. The lowest BCUT2D eigenvalue weighted by Crippen LogP contribution is -2.41. The van der Waals surface area contributed by atoms with E-state index in [2.05, 4.69) is 0 Å². The van der Waals surface area contributed by atoms with Crippen LogP contribution in [0.25, 0.3) is 0 Å². The Kier molecular flexibility index (Phi) is 7.46. The number of rotatable bonds is 8. The van der Waals surface area contributed by atoms with Crippen LogP contribution in [0.1, 0.15) is 48.6 Å². The van der Waals surface area contributed by atoms with Crippen molar-refractivity contribution in [3.63, 3.8) is 0 Å². The van der Waals surface area contributed by atoms with E-state index in [4.69, 9.17) is 14.2 Å². The maximum Gasteiger partial charge on any atom is 0.307 e. The van der Waals surface area contributed by atoms with Crippen molar-refractivity contribution in [3.05, 3.63) is 52.6 Å². The fraction of sp³-hybridized carbons (Fsp3) is 0.458. The number of carbonyl (C=O) groups excluding carboxylic acids is 1. The summed E-state index contributed by atoms with van der Waals surface area (Å²) >= 11 is 0. The molecule has 32 heavy (non-hydrogen) atoms. The van der Waals surface area contributed by atoms with Crippen molar-refractivity contribution in [1.29, 1.82) is 0 Å². The van der Waals surface area contributed by atoms with E-state index in [1.165, 1.54) is 11.4 Å². The molecule has 0 fully saturated rings. The number of methoxy groups -OCH3 is 1. The molecule has 174 valence electrons. The van der Waals surface area contributed by atoms with Gasteiger partial charge in [0, 0.05) is 6.54 Å². The zero-order chi connectivity index (χ0) is 23.5. The van der Waals surface area contributed by atoms with Crippen LogP contribution in [-0.4, -0.2) is 45.6 Å². The van der Waals surface area contributed by atoms with Crippen molar-refractivity contribution in [1.82, 2.24) is 4.31 Å². The molecule has 0 saturated heterocycles. The molecule has 3 rings (SSSR count). The van der Waals surface area contributed by atoms with Gasteiger partial charge in [-0.25, -0.2) is 8.42 Å².